The van der Waals surface area contributed by atoms with Gasteiger partial charge in [-0.25, -0.2) is 5.48 Å². The van der Waals surface area contributed by atoms with Gasteiger partial charge in [0.2, 0.25) is 0 Å². The minimum atomic E-state index is -4.46. The van der Waals surface area contributed by atoms with Crippen molar-refractivity contribution in [3.05, 3.63) is 41.5 Å². The van der Waals surface area contributed by atoms with E-state index in [1.54, 1.807) is 11.5 Å². The van der Waals surface area contributed by atoms with Crippen LogP contribution < -0.4 is 5.48 Å². The summed E-state index contributed by atoms with van der Waals surface area (Å²) in [6, 6.07) is 7.31. The summed E-state index contributed by atoms with van der Waals surface area (Å²) in [4.78, 5) is 15.1. The maximum Gasteiger partial charge on any atom is 0.414 e. The summed E-state index contributed by atoms with van der Waals surface area (Å²) in [5, 5.41) is 0. The van der Waals surface area contributed by atoms with E-state index < -0.39 is 18.7 Å². The average Bonchev–Trinajstić information content (AvgIpc) is 2.25. The zero-order valence-electron chi connectivity index (χ0n) is 9.62. The molecule has 0 spiro atoms. The first-order valence-electron chi connectivity index (χ1n) is 5.10. The van der Waals surface area contributed by atoms with E-state index in [1.807, 2.05) is 25.1 Å². The Hall–Kier alpha value is -1.82. The summed E-state index contributed by atoms with van der Waals surface area (Å²) < 4.78 is 35.1. The molecule has 0 aliphatic rings. The van der Waals surface area contributed by atoms with Crippen molar-refractivity contribution < 1.29 is 22.8 Å². The van der Waals surface area contributed by atoms with Crippen LogP contribution >= 0.6 is 0 Å². The third-order valence-electron chi connectivity index (χ3n) is 1.88. The summed E-state index contributed by atoms with van der Waals surface area (Å²) >= 11 is 0. The Labute approximate surface area is 102 Å². The Morgan fingerprint density at radius 2 is 2.17 bits per heavy atom. The molecule has 0 aliphatic carbocycles. The number of benzene rings is 1. The maximum atomic E-state index is 11.7. The van der Waals surface area contributed by atoms with Gasteiger partial charge in [-0.15, -0.1) is 0 Å². The van der Waals surface area contributed by atoms with Gasteiger partial charge in [-0.3, -0.25) is 9.63 Å². The Morgan fingerprint density at radius 3 is 2.78 bits per heavy atom. The third-order valence-corrected chi connectivity index (χ3v) is 1.88. The van der Waals surface area contributed by atoms with E-state index >= 15 is 0 Å². The van der Waals surface area contributed by atoms with Crippen molar-refractivity contribution >= 4 is 12.0 Å². The lowest BCUT2D eigenvalue weighted by molar-refractivity contribution is -0.190. The van der Waals surface area contributed by atoms with Crippen LogP contribution in [0.5, 0.6) is 0 Å². The van der Waals surface area contributed by atoms with E-state index in [2.05, 4.69) is 4.84 Å². The van der Waals surface area contributed by atoms with Crippen LogP contribution in [0.4, 0.5) is 13.2 Å². The molecule has 1 aromatic carbocycles. The molecule has 0 radical (unpaired) electrons. The number of alkyl halides is 3. The number of halogens is 3. The molecule has 0 aliphatic heterocycles. The van der Waals surface area contributed by atoms with Gasteiger partial charge >= 0.3 is 6.18 Å². The number of hydrogen-bond acceptors (Lipinski definition) is 2. The predicted molar refractivity (Wildman–Crippen MR) is 60.4 cm³/mol. The summed E-state index contributed by atoms with van der Waals surface area (Å²) in [5.74, 6) is -0.749. The monoisotopic (exact) mass is 259 g/mol. The molecule has 0 atom stereocenters. The quantitative estimate of drug-likeness (QED) is 0.666. The van der Waals surface area contributed by atoms with Crippen molar-refractivity contribution in [3.63, 3.8) is 0 Å². The molecular weight excluding hydrogens is 247 g/mol. The second-order valence-corrected chi connectivity index (χ2v) is 3.62. The molecule has 1 aromatic rings. The predicted octanol–water partition coefficient (Wildman–Crippen LogP) is 2.62. The lowest BCUT2D eigenvalue weighted by atomic mass is 10.1. The summed E-state index contributed by atoms with van der Waals surface area (Å²) in [5.41, 5.74) is 3.48. The molecule has 6 heteroatoms. The van der Waals surface area contributed by atoms with E-state index in [-0.39, 0.29) is 0 Å². The number of aryl methyl sites for hydroxylation is 1. The number of hydrogen-bond donors (Lipinski definition) is 1. The van der Waals surface area contributed by atoms with Crippen LogP contribution in [0.1, 0.15) is 11.1 Å². The number of amides is 1. The van der Waals surface area contributed by atoms with Crippen LogP contribution in [-0.4, -0.2) is 18.7 Å². The van der Waals surface area contributed by atoms with Crippen molar-refractivity contribution in [2.75, 3.05) is 6.61 Å². The van der Waals surface area contributed by atoms with Crippen molar-refractivity contribution in [3.8, 4) is 0 Å². The van der Waals surface area contributed by atoms with Crippen LogP contribution in [0, 0.1) is 6.92 Å². The number of carbonyl (C=O) groups excluding carboxylic acids is 1. The molecule has 0 saturated heterocycles. The summed E-state index contributed by atoms with van der Waals surface area (Å²) in [6.07, 6.45) is -1.88. The highest BCUT2D eigenvalue weighted by Gasteiger charge is 2.28. The molecule has 1 N–H and O–H groups in total. The fraction of sp³-hybridized carbons (Fsp3) is 0.250. The smallest absolute Gasteiger partial charge is 0.268 e. The third kappa shape index (κ3) is 6.05. The lowest BCUT2D eigenvalue weighted by Crippen LogP contribution is -2.28. The van der Waals surface area contributed by atoms with Gasteiger partial charge in [-0.2, -0.15) is 13.2 Å². The second kappa shape index (κ2) is 6.20. The molecule has 0 aromatic heterocycles. The van der Waals surface area contributed by atoms with Crippen molar-refractivity contribution in [2.45, 2.75) is 13.1 Å². The molecule has 0 unspecified atom stereocenters. The molecule has 0 heterocycles. The van der Waals surface area contributed by atoms with Crippen LogP contribution in [-0.2, 0) is 9.63 Å². The van der Waals surface area contributed by atoms with E-state index in [1.165, 1.54) is 6.08 Å². The zero-order chi connectivity index (χ0) is 13.6. The zero-order valence-corrected chi connectivity index (χ0v) is 9.62. The van der Waals surface area contributed by atoms with Gasteiger partial charge in [-0.1, -0.05) is 29.8 Å². The lowest BCUT2D eigenvalue weighted by Gasteiger charge is -2.06. The number of nitrogens with one attached hydrogen (secondary N) is 1. The molecule has 0 fully saturated rings. The Morgan fingerprint density at radius 1 is 1.44 bits per heavy atom. The standard InChI is InChI=1S/C12H12F3NO2/c1-9-3-2-4-10(7-9)5-6-11(17)16-18-8-12(13,14)15/h2-7H,8H2,1H3,(H,16,17)/b6-5+. The Bertz CT molecular complexity index is 441. The second-order valence-electron chi connectivity index (χ2n) is 3.62. The minimum Gasteiger partial charge on any atom is -0.268 e. The van der Waals surface area contributed by atoms with Crippen LogP contribution in [0.3, 0.4) is 0 Å². The topological polar surface area (TPSA) is 38.3 Å². The van der Waals surface area contributed by atoms with Gasteiger partial charge in [0, 0.05) is 6.08 Å². The first-order chi connectivity index (χ1) is 8.37. The van der Waals surface area contributed by atoms with Gasteiger partial charge in [0.25, 0.3) is 5.91 Å². The van der Waals surface area contributed by atoms with Crippen molar-refractivity contribution in [1.29, 1.82) is 0 Å². The van der Waals surface area contributed by atoms with E-state index in [0.717, 1.165) is 17.2 Å². The van der Waals surface area contributed by atoms with Crippen LogP contribution in [0.2, 0.25) is 0 Å². The fourth-order valence-electron chi connectivity index (χ4n) is 1.17. The van der Waals surface area contributed by atoms with E-state index in [4.69, 9.17) is 0 Å². The summed E-state index contributed by atoms with van der Waals surface area (Å²) in [7, 11) is 0. The van der Waals surface area contributed by atoms with Gasteiger partial charge in [-0.05, 0) is 18.6 Å². The average molecular weight is 259 g/mol. The van der Waals surface area contributed by atoms with E-state index in [0.29, 0.717) is 0 Å². The molecule has 1 rings (SSSR count). The molecule has 3 nitrogen and oxygen atoms in total. The highest BCUT2D eigenvalue weighted by molar-refractivity contribution is 5.90. The maximum absolute atomic E-state index is 11.7. The minimum absolute atomic E-state index is 0.749. The first kappa shape index (κ1) is 14.2. The number of carbonyl (C=O) groups is 1. The van der Waals surface area contributed by atoms with Crippen LogP contribution in [0.25, 0.3) is 6.08 Å². The number of hydroxylamine groups is 1. The Kier molecular flexibility index (Phi) is 4.91. The largest absolute Gasteiger partial charge is 0.414 e. The molecule has 18 heavy (non-hydrogen) atoms. The SMILES string of the molecule is Cc1cccc(/C=C/C(=O)NOCC(F)(F)F)c1. The molecule has 98 valence electrons. The molecule has 0 saturated carbocycles. The highest BCUT2D eigenvalue weighted by Crippen LogP contribution is 2.13. The van der Waals surface area contributed by atoms with Crippen molar-refractivity contribution in [2.24, 2.45) is 0 Å². The first-order valence-corrected chi connectivity index (χ1v) is 5.10. The molecule has 1 amide bonds. The normalized spacial score (nSPS) is 11.8. The number of rotatable bonds is 4. The molecular formula is C12H12F3NO2. The van der Waals surface area contributed by atoms with Gasteiger partial charge in [0.05, 0.1) is 0 Å². The summed E-state index contributed by atoms with van der Waals surface area (Å²) in [6.45, 7) is 0.376. The molecule has 0 bridgehead atoms. The van der Waals surface area contributed by atoms with Gasteiger partial charge in [0.15, 0.2) is 6.61 Å². The van der Waals surface area contributed by atoms with E-state index in [9.17, 15) is 18.0 Å². The highest BCUT2D eigenvalue weighted by atomic mass is 19.4. The van der Waals surface area contributed by atoms with Crippen LogP contribution in [0.15, 0.2) is 30.3 Å². The Balaban J connectivity index is 2.40. The van der Waals surface area contributed by atoms with Crippen molar-refractivity contribution in [1.82, 2.24) is 5.48 Å². The van der Waals surface area contributed by atoms with Gasteiger partial charge in [0.1, 0.15) is 0 Å². The fourth-order valence-corrected chi connectivity index (χ4v) is 1.17. The van der Waals surface area contributed by atoms with Gasteiger partial charge < -0.3 is 0 Å².